The Morgan fingerprint density at radius 3 is 2.67 bits per heavy atom. The number of methoxy groups -OCH3 is 1. The molecule has 0 fully saturated rings. The van der Waals surface area contributed by atoms with E-state index in [2.05, 4.69) is 4.98 Å². The predicted octanol–water partition coefficient (Wildman–Crippen LogP) is 3.12. The van der Waals surface area contributed by atoms with Crippen molar-refractivity contribution >= 4 is 35.0 Å². The molecule has 0 aliphatic rings. The summed E-state index contributed by atoms with van der Waals surface area (Å²) in [5.41, 5.74) is 0. The van der Waals surface area contributed by atoms with Crippen LogP contribution in [0.1, 0.15) is 0 Å². The summed E-state index contributed by atoms with van der Waals surface area (Å²) >= 11 is 13.2. The zero-order valence-corrected chi connectivity index (χ0v) is 8.93. The van der Waals surface area contributed by atoms with Gasteiger partial charge in [0, 0.05) is 0 Å². The van der Waals surface area contributed by atoms with Crippen molar-refractivity contribution in [3.63, 3.8) is 0 Å². The van der Waals surface area contributed by atoms with Crippen LogP contribution in [0.25, 0.3) is 0 Å². The maximum Gasteiger partial charge on any atom is 0.233 e. The molecule has 66 valence electrons. The minimum atomic E-state index is 0.408. The summed E-state index contributed by atoms with van der Waals surface area (Å²) in [7, 11) is 1.52. The third-order valence-corrected chi connectivity index (χ3v) is 2.99. The van der Waals surface area contributed by atoms with Crippen LogP contribution in [-0.2, 0) is 0 Å². The van der Waals surface area contributed by atoms with E-state index in [1.54, 1.807) is 0 Å². The van der Waals surface area contributed by atoms with E-state index in [0.717, 1.165) is 4.90 Å². The number of aromatic nitrogens is 1. The number of rotatable bonds is 2. The van der Waals surface area contributed by atoms with Crippen molar-refractivity contribution in [1.29, 1.82) is 0 Å². The molecular weight excluding hydrogens is 217 g/mol. The van der Waals surface area contributed by atoms with Gasteiger partial charge in [-0.2, -0.15) is 0 Å². The van der Waals surface area contributed by atoms with Crippen molar-refractivity contribution in [2.75, 3.05) is 13.4 Å². The maximum atomic E-state index is 5.92. The molecule has 0 bridgehead atoms. The fourth-order valence-electron chi connectivity index (χ4n) is 0.762. The van der Waals surface area contributed by atoms with Crippen molar-refractivity contribution in [2.24, 2.45) is 0 Å². The third kappa shape index (κ3) is 1.79. The van der Waals surface area contributed by atoms with Gasteiger partial charge < -0.3 is 4.74 Å². The van der Waals surface area contributed by atoms with Crippen LogP contribution in [-0.4, -0.2) is 18.3 Å². The van der Waals surface area contributed by atoms with E-state index in [1.807, 2.05) is 6.26 Å². The standard InChI is InChI=1S/C7H7Cl2NOS/c1-11-7-5(9)6(12-2)4(8)3-10-7/h3H,1-2H3. The molecular formula is C7H7Cl2NOS. The minimum Gasteiger partial charge on any atom is -0.480 e. The van der Waals surface area contributed by atoms with Crippen LogP contribution >= 0.6 is 35.0 Å². The molecule has 0 aliphatic carbocycles. The summed E-state index contributed by atoms with van der Waals surface area (Å²) in [4.78, 5) is 4.70. The van der Waals surface area contributed by atoms with Crippen LogP contribution < -0.4 is 4.74 Å². The number of hydrogen-bond acceptors (Lipinski definition) is 3. The van der Waals surface area contributed by atoms with Gasteiger partial charge in [0.05, 0.1) is 23.2 Å². The monoisotopic (exact) mass is 223 g/mol. The van der Waals surface area contributed by atoms with Gasteiger partial charge in [-0.3, -0.25) is 0 Å². The number of nitrogens with zero attached hydrogens (tertiary/aromatic N) is 1. The van der Waals surface area contributed by atoms with Crippen molar-refractivity contribution < 1.29 is 4.74 Å². The Bertz CT molecular complexity index is 293. The first kappa shape index (κ1) is 9.96. The molecule has 0 spiro atoms. The van der Waals surface area contributed by atoms with Crippen LogP contribution in [0.15, 0.2) is 11.1 Å². The highest BCUT2D eigenvalue weighted by molar-refractivity contribution is 7.98. The van der Waals surface area contributed by atoms with E-state index in [0.29, 0.717) is 15.9 Å². The number of hydrogen-bond donors (Lipinski definition) is 0. The molecule has 0 radical (unpaired) electrons. The minimum absolute atomic E-state index is 0.408. The van der Waals surface area contributed by atoms with Crippen LogP contribution in [0.2, 0.25) is 10.0 Å². The lowest BCUT2D eigenvalue weighted by Gasteiger charge is -2.06. The number of thioether (sulfide) groups is 1. The summed E-state index contributed by atoms with van der Waals surface area (Å²) in [6, 6.07) is 0. The first-order chi connectivity index (χ1) is 5.70. The molecule has 1 aromatic heterocycles. The van der Waals surface area contributed by atoms with Crippen LogP contribution in [0.3, 0.4) is 0 Å². The SMILES string of the molecule is COc1ncc(Cl)c(SC)c1Cl. The molecule has 1 rings (SSSR count). The van der Waals surface area contributed by atoms with E-state index in [1.165, 1.54) is 25.1 Å². The lowest BCUT2D eigenvalue weighted by molar-refractivity contribution is 0.397. The number of ether oxygens (including phenoxy) is 1. The summed E-state index contributed by atoms with van der Waals surface area (Å²) < 4.78 is 4.93. The molecule has 0 saturated carbocycles. The molecule has 5 heteroatoms. The fourth-order valence-corrected chi connectivity index (χ4v) is 2.16. The Labute approximate surface area is 85.2 Å². The molecule has 2 nitrogen and oxygen atoms in total. The second-order valence-corrected chi connectivity index (χ2v) is 3.56. The van der Waals surface area contributed by atoms with E-state index in [9.17, 15) is 0 Å². The fraction of sp³-hybridized carbons (Fsp3) is 0.286. The van der Waals surface area contributed by atoms with Gasteiger partial charge in [-0.05, 0) is 6.26 Å². The van der Waals surface area contributed by atoms with Gasteiger partial charge in [-0.15, -0.1) is 11.8 Å². The van der Waals surface area contributed by atoms with E-state index in [-0.39, 0.29) is 0 Å². The van der Waals surface area contributed by atoms with Crippen LogP contribution in [0.5, 0.6) is 5.88 Å². The molecule has 0 aromatic carbocycles. The smallest absolute Gasteiger partial charge is 0.233 e. The highest BCUT2D eigenvalue weighted by atomic mass is 35.5. The average Bonchev–Trinajstić information content (AvgIpc) is 2.06. The van der Waals surface area contributed by atoms with Crippen LogP contribution in [0, 0.1) is 0 Å². The van der Waals surface area contributed by atoms with E-state index < -0.39 is 0 Å². The Balaban J connectivity index is 3.24. The maximum absolute atomic E-state index is 5.92. The largest absolute Gasteiger partial charge is 0.480 e. The molecule has 0 N–H and O–H groups in total. The van der Waals surface area contributed by atoms with E-state index >= 15 is 0 Å². The first-order valence-electron chi connectivity index (χ1n) is 3.12. The van der Waals surface area contributed by atoms with Gasteiger partial charge in [0.25, 0.3) is 0 Å². The van der Waals surface area contributed by atoms with Gasteiger partial charge in [0.2, 0.25) is 5.88 Å². The summed E-state index contributed by atoms with van der Waals surface area (Å²) in [6.45, 7) is 0. The number of halogens is 2. The predicted molar refractivity (Wildman–Crippen MR) is 52.6 cm³/mol. The van der Waals surface area contributed by atoms with Gasteiger partial charge in [-0.25, -0.2) is 4.98 Å². The van der Waals surface area contributed by atoms with Crippen molar-refractivity contribution in [3.8, 4) is 5.88 Å². The molecule has 0 amide bonds. The Morgan fingerprint density at radius 1 is 1.50 bits per heavy atom. The molecule has 1 aromatic rings. The van der Waals surface area contributed by atoms with Crippen LogP contribution in [0.4, 0.5) is 0 Å². The highest BCUT2D eigenvalue weighted by Crippen LogP contribution is 2.36. The molecule has 0 aliphatic heterocycles. The third-order valence-electron chi connectivity index (χ3n) is 1.30. The lowest BCUT2D eigenvalue weighted by Crippen LogP contribution is -1.90. The highest BCUT2D eigenvalue weighted by Gasteiger charge is 2.10. The van der Waals surface area contributed by atoms with Crippen molar-refractivity contribution in [3.05, 3.63) is 16.2 Å². The first-order valence-corrected chi connectivity index (χ1v) is 5.10. The van der Waals surface area contributed by atoms with Crippen molar-refractivity contribution in [2.45, 2.75) is 4.90 Å². The quantitative estimate of drug-likeness (QED) is 0.720. The Kier molecular flexibility index (Phi) is 3.50. The van der Waals surface area contributed by atoms with Gasteiger partial charge in [0.1, 0.15) is 5.02 Å². The van der Waals surface area contributed by atoms with Crippen molar-refractivity contribution in [1.82, 2.24) is 4.98 Å². The average molecular weight is 224 g/mol. The molecule has 0 unspecified atom stereocenters. The zero-order chi connectivity index (χ0) is 9.14. The molecule has 0 saturated heterocycles. The molecule has 0 atom stereocenters. The van der Waals surface area contributed by atoms with Gasteiger partial charge >= 0.3 is 0 Å². The summed E-state index contributed by atoms with van der Waals surface area (Å²) in [5, 5.41) is 1.02. The second-order valence-electron chi connectivity index (χ2n) is 1.96. The molecule has 12 heavy (non-hydrogen) atoms. The van der Waals surface area contributed by atoms with Gasteiger partial charge in [-0.1, -0.05) is 23.2 Å². The zero-order valence-electron chi connectivity index (χ0n) is 6.60. The Morgan fingerprint density at radius 2 is 2.17 bits per heavy atom. The second kappa shape index (κ2) is 4.21. The Hall–Kier alpha value is -0.120. The number of pyridine rings is 1. The normalized spacial score (nSPS) is 10.0. The topological polar surface area (TPSA) is 22.1 Å². The van der Waals surface area contributed by atoms with Gasteiger partial charge in [0.15, 0.2) is 0 Å². The summed E-state index contributed by atoms with van der Waals surface area (Å²) in [5.74, 6) is 0.408. The molecule has 1 heterocycles. The lowest BCUT2D eigenvalue weighted by atomic mass is 10.5. The summed E-state index contributed by atoms with van der Waals surface area (Å²) in [6.07, 6.45) is 3.42. The van der Waals surface area contributed by atoms with E-state index in [4.69, 9.17) is 27.9 Å².